The molecule has 5 nitrogen and oxygen atoms in total. The van der Waals surface area contributed by atoms with Gasteiger partial charge in [-0.3, -0.25) is 0 Å². The van der Waals surface area contributed by atoms with Crippen molar-refractivity contribution < 1.29 is 13.2 Å². The average molecular weight is 333 g/mol. The third-order valence-electron chi connectivity index (χ3n) is 3.82. The summed E-state index contributed by atoms with van der Waals surface area (Å²) < 4.78 is 32.6. The van der Waals surface area contributed by atoms with E-state index in [1.165, 1.54) is 19.2 Å². The Balaban J connectivity index is 2.12. The quantitative estimate of drug-likeness (QED) is 0.865. The van der Waals surface area contributed by atoms with E-state index in [1.807, 2.05) is 6.92 Å². The smallest absolute Gasteiger partial charge is 0.240 e. The van der Waals surface area contributed by atoms with Gasteiger partial charge in [-0.1, -0.05) is 11.6 Å². The molecule has 2 atom stereocenters. The molecule has 2 rings (SSSR count). The van der Waals surface area contributed by atoms with Gasteiger partial charge in [0, 0.05) is 6.04 Å². The molecule has 1 fully saturated rings. The highest BCUT2D eigenvalue weighted by atomic mass is 35.5. The monoisotopic (exact) mass is 332 g/mol. The van der Waals surface area contributed by atoms with E-state index >= 15 is 0 Å². The Bertz CT molecular complexity index is 586. The van der Waals surface area contributed by atoms with Crippen LogP contribution in [0.2, 0.25) is 5.02 Å². The van der Waals surface area contributed by atoms with Crippen LogP contribution in [0.4, 0.5) is 0 Å². The standard InChI is InChI=1S/C14H21ClN2O3S/c1-10(11-4-3-7-16-9-11)17-21(18,19)12-5-6-14(20-2)13(15)8-12/h5-6,8,10-11,16-17H,3-4,7,9H2,1-2H3. The molecular formula is C14H21ClN2O3S. The Hall–Kier alpha value is -0.820. The summed E-state index contributed by atoms with van der Waals surface area (Å²) in [5.41, 5.74) is 0. The summed E-state index contributed by atoms with van der Waals surface area (Å²) in [5.74, 6) is 0.766. The van der Waals surface area contributed by atoms with E-state index in [-0.39, 0.29) is 16.0 Å². The van der Waals surface area contributed by atoms with Crippen molar-refractivity contribution in [2.45, 2.75) is 30.7 Å². The van der Waals surface area contributed by atoms with E-state index in [1.54, 1.807) is 6.07 Å². The first kappa shape index (κ1) is 16.5. The highest BCUT2D eigenvalue weighted by Gasteiger charge is 2.25. The lowest BCUT2D eigenvalue weighted by molar-refractivity contribution is 0.320. The van der Waals surface area contributed by atoms with Gasteiger partial charge in [-0.15, -0.1) is 0 Å². The predicted molar refractivity (Wildman–Crippen MR) is 83.4 cm³/mol. The van der Waals surface area contributed by atoms with Crippen LogP contribution in [-0.2, 0) is 10.0 Å². The first-order valence-corrected chi connectivity index (χ1v) is 8.87. The van der Waals surface area contributed by atoms with Gasteiger partial charge < -0.3 is 10.1 Å². The second-order valence-electron chi connectivity index (χ2n) is 5.31. The highest BCUT2D eigenvalue weighted by molar-refractivity contribution is 7.89. The molecular weight excluding hydrogens is 312 g/mol. The summed E-state index contributed by atoms with van der Waals surface area (Å²) in [6.07, 6.45) is 2.10. The number of methoxy groups -OCH3 is 1. The van der Waals surface area contributed by atoms with Gasteiger partial charge in [0.1, 0.15) is 5.75 Å². The van der Waals surface area contributed by atoms with Crippen molar-refractivity contribution in [3.8, 4) is 5.75 Å². The van der Waals surface area contributed by atoms with Crippen LogP contribution in [-0.4, -0.2) is 34.7 Å². The summed E-state index contributed by atoms with van der Waals surface area (Å²) in [5, 5.41) is 3.58. The number of piperidine rings is 1. The molecule has 118 valence electrons. The molecule has 1 aromatic rings. The molecule has 1 aromatic carbocycles. The summed E-state index contributed by atoms with van der Waals surface area (Å²) in [4.78, 5) is 0.156. The van der Waals surface area contributed by atoms with Gasteiger partial charge in [-0.25, -0.2) is 13.1 Å². The normalized spacial score (nSPS) is 21.0. The molecule has 21 heavy (non-hydrogen) atoms. The summed E-state index contributed by atoms with van der Waals surface area (Å²) in [7, 11) is -2.08. The van der Waals surface area contributed by atoms with Crippen LogP contribution in [0.25, 0.3) is 0 Å². The minimum atomic E-state index is -3.57. The van der Waals surface area contributed by atoms with Crippen molar-refractivity contribution >= 4 is 21.6 Å². The van der Waals surface area contributed by atoms with Gasteiger partial charge in [0.25, 0.3) is 0 Å². The first-order chi connectivity index (χ1) is 9.94. The SMILES string of the molecule is COc1ccc(S(=O)(=O)NC(C)C2CCCNC2)cc1Cl. The zero-order valence-corrected chi connectivity index (χ0v) is 13.8. The van der Waals surface area contributed by atoms with Crippen LogP contribution in [0.15, 0.2) is 23.1 Å². The molecule has 0 aromatic heterocycles. The zero-order chi connectivity index (χ0) is 15.5. The Morgan fingerprint density at radius 3 is 2.81 bits per heavy atom. The van der Waals surface area contributed by atoms with E-state index in [2.05, 4.69) is 10.0 Å². The number of benzene rings is 1. The van der Waals surface area contributed by atoms with Crippen molar-refractivity contribution in [3.63, 3.8) is 0 Å². The molecule has 0 spiro atoms. The number of sulfonamides is 1. The largest absolute Gasteiger partial charge is 0.495 e. The minimum absolute atomic E-state index is 0.122. The predicted octanol–water partition coefficient (Wildman–Crippen LogP) is 2.01. The van der Waals surface area contributed by atoms with E-state index in [9.17, 15) is 8.42 Å². The lowest BCUT2D eigenvalue weighted by atomic mass is 9.94. The number of hydrogen-bond acceptors (Lipinski definition) is 4. The average Bonchev–Trinajstić information content (AvgIpc) is 2.47. The topological polar surface area (TPSA) is 67.4 Å². The van der Waals surface area contributed by atoms with Gasteiger partial charge in [0.2, 0.25) is 10.0 Å². The molecule has 0 amide bonds. The fourth-order valence-electron chi connectivity index (χ4n) is 2.53. The van der Waals surface area contributed by atoms with Crippen LogP contribution in [0, 0.1) is 5.92 Å². The number of nitrogens with one attached hydrogen (secondary N) is 2. The van der Waals surface area contributed by atoms with E-state index in [0.29, 0.717) is 11.7 Å². The number of hydrogen-bond donors (Lipinski definition) is 2. The number of ether oxygens (including phenoxy) is 1. The molecule has 2 unspecified atom stereocenters. The Labute approximate surface area is 131 Å². The maximum Gasteiger partial charge on any atom is 0.240 e. The van der Waals surface area contributed by atoms with Crippen molar-refractivity contribution in [2.75, 3.05) is 20.2 Å². The van der Waals surface area contributed by atoms with Crippen LogP contribution in [0.1, 0.15) is 19.8 Å². The van der Waals surface area contributed by atoms with Gasteiger partial charge in [-0.05, 0) is 57.0 Å². The van der Waals surface area contributed by atoms with Gasteiger partial charge >= 0.3 is 0 Å². The van der Waals surface area contributed by atoms with Gasteiger partial charge in [0.15, 0.2) is 0 Å². The molecule has 0 radical (unpaired) electrons. The summed E-state index contributed by atoms with van der Waals surface area (Å²) in [6, 6.07) is 4.35. The molecule has 1 aliphatic heterocycles. The van der Waals surface area contributed by atoms with E-state index in [0.717, 1.165) is 25.9 Å². The summed E-state index contributed by atoms with van der Waals surface area (Å²) >= 11 is 5.99. The summed E-state index contributed by atoms with van der Waals surface area (Å²) in [6.45, 7) is 3.75. The van der Waals surface area contributed by atoms with Crippen LogP contribution < -0.4 is 14.8 Å². The number of halogens is 1. The van der Waals surface area contributed by atoms with Crippen molar-refractivity contribution in [2.24, 2.45) is 5.92 Å². The highest BCUT2D eigenvalue weighted by Crippen LogP contribution is 2.27. The van der Waals surface area contributed by atoms with E-state index in [4.69, 9.17) is 16.3 Å². The first-order valence-electron chi connectivity index (χ1n) is 7.00. The molecule has 0 bridgehead atoms. The number of rotatable bonds is 5. The molecule has 7 heteroatoms. The fraction of sp³-hybridized carbons (Fsp3) is 0.571. The third-order valence-corrected chi connectivity index (χ3v) is 5.67. The van der Waals surface area contributed by atoms with Crippen molar-refractivity contribution in [3.05, 3.63) is 23.2 Å². The zero-order valence-electron chi connectivity index (χ0n) is 12.2. The molecule has 2 N–H and O–H groups in total. The molecule has 0 saturated carbocycles. The van der Waals surface area contributed by atoms with Gasteiger partial charge in [-0.2, -0.15) is 0 Å². The Kier molecular flexibility index (Phi) is 5.48. The second-order valence-corrected chi connectivity index (χ2v) is 7.43. The minimum Gasteiger partial charge on any atom is -0.495 e. The van der Waals surface area contributed by atoms with Crippen molar-refractivity contribution in [1.29, 1.82) is 0 Å². The lowest BCUT2D eigenvalue weighted by Gasteiger charge is -2.28. The fourth-order valence-corrected chi connectivity index (χ4v) is 4.19. The van der Waals surface area contributed by atoms with Crippen LogP contribution >= 0.6 is 11.6 Å². The Morgan fingerprint density at radius 1 is 1.48 bits per heavy atom. The molecule has 0 aliphatic carbocycles. The second kappa shape index (κ2) is 6.96. The van der Waals surface area contributed by atoms with Crippen LogP contribution in [0.3, 0.4) is 0 Å². The molecule has 1 heterocycles. The lowest BCUT2D eigenvalue weighted by Crippen LogP contribution is -2.44. The third kappa shape index (κ3) is 4.10. The maximum absolute atomic E-state index is 12.4. The molecule has 1 aliphatic rings. The molecule has 1 saturated heterocycles. The van der Waals surface area contributed by atoms with Gasteiger partial charge in [0.05, 0.1) is 17.0 Å². The van der Waals surface area contributed by atoms with E-state index < -0.39 is 10.0 Å². The maximum atomic E-state index is 12.4. The Morgan fingerprint density at radius 2 is 2.24 bits per heavy atom. The van der Waals surface area contributed by atoms with Crippen molar-refractivity contribution in [1.82, 2.24) is 10.0 Å². The van der Waals surface area contributed by atoms with Crippen LogP contribution in [0.5, 0.6) is 5.75 Å².